The number of hydrogen-bond donors (Lipinski definition) is 0. The average Bonchev–Trinajstić information content (AvgIpc) is 3.65. The van der Waals surface area contributed by atoms with Crippen LogP contribution in [0.3, 0.4) is 0 Å². The van der Waals surface area contributed by atoms with Crippen molar-refractivity contribution in [2.75, 3.05) is 19.1 Å². The van der Waals surface area contributed by atoms with E-state index in [1.54, 1.807) is 14.2 Å². The molecule has 1 saturated heterocycles. The Kier molecular flexibility index (Phi) is 6.74. The number of carbonyl (C=O) groups is 3. The monoisotopic (exact) mass is 631 g/mol. The number of methoxy groups -OCH3 is 2. The number of imide groups is 1. The Balaban J connectivity index is 1.54. The number of nitrogens with zero attached hydrogens (tertiary/aromatic N) is 1. The number of anilines is 1. The highest BCUT2D eigenvalue weighted by molar-refractivity contribution is 6.39. The van der Waals surface area contributed by atoms with Crippen molar-refractivity contribution >= 4 is 34.4 Å². The molecular weight excluding hydrogens is 598 g/mol. The molecule has 0 radical (unpaired) electrons. The van der Waals surface area contributed by atoms with Crippen molar-refractivity contribution in [2.45, 2.75) is 17.8 Å². The molecule has 2 bridgehead atoms. The van der Waals surface area contributed by atoms with Gasteiger partial charge in [-0.05, 0) is 76.7 Å². The van der Waals surface area contributed by atoms with Crippen molar-refractivity contribution in [2.24, 2.45) is 11.8 Å². The number of amides is 2. The van der Waals surface area contributed by atoms with Crippen LogP contribution < -0.4 is 14.4 Å². The maximum atomic E-state index is 16.0. The summed E-state index contributed by atoms with van der Waals surface area (Å²) in [7, 11) is 3.22. The molecule has 6 heteroatoms. The lowest BCUT2D eigenvalue weighted by atomic mass is 9.59. The first-order valence-electron chi connectivity index (χ1n) is 16.0. The fourth-order valence-corrected chi connectivity index (χ4v) is 8.59. The van der Waals surface area contributed by atoms with E-state index in [1.165, 1.54) is 4.90 Å². The summed E-state index contributed by atoms with van der Waals surface area (Å²) in [6.45, 7) is 1.96. The van der Waals surface area contributed by atoms with E-state index in [-0.39, 0.29) is 17.6 Å². The summed E-state index contributed by atoms with van der Waals surface area (Å²) in [4.78, 5) is 47.5. The molecule has 1 heterocycles. The van der Waals surface area contributed by atoms with Crippen LogP contribution in [-0.4, -0.2) is 31.8 Å². The molecule has 1 saturated carbocycles. The van der Waals surface area contributed by atoms with E-state index in [9.17, 15) is 0 Å². The Morgan fingerprint density at radius 1 is 0.521 bits per heavy atom. The number of hydrogen-bond acceptors (Lipinski definition) is 5. The van der Waals surface area contributed by atoms with Crippen LogP contribution in [0.5, 0.6) is 11.5 Å². The molecule has 6 nitrogen and oxygen atoms in total. The first kappa shape index (κ1) is 29.6. The Bertz CT molecular complexity index is 1970. The third-order valence-electron chi connectivity index (χ3n) is 10.5. The fraction of sp³-hybridized carbons (Fsp3) is 0.167. The van der Waals surface area contributed by atoms with E-state index in [0.29, 0.717) is 28.3 Å². The van der Waals surface area contributed by atoms with Crippen LogP contribution in [0.4, 0.5) is 5.69 Å². The van der Waals surface area contributed by atoms with Gasteiger partial charge in [-0.1, -0.05) is 103 Å². The van der Waals surface area contributed by atoms with Crippen LogP contribution in [0.1, 0.15) is 27.8 Å². The van der Waals surface area contributed by atoms with Crippen molar-refractivity contribution in [1.82, 2.24) is 0 Å². The van der Waals surface area contributed by atoms with Gasteiger partial charge < -0.3 is 9.47 Å². The van der Waals surface area contributed by atoms with Gasteiger partial charge in [-0.25, -0.2) is 4.90 Å². The number of carbonyl (C=O) groups excluding carboxylic acids is 3. The third-order valence-corrected chi connectivity index (χ3v) is 10.5. The number of ketones is 1. The summed E-state index contributed by atoms with van der Waals surface area (Å²) in [6, 6.07) is 41.7. The summed E-state index contributed by atoms with van der Waals surface area (Å²) in [5, 5.41) is 0. The van der Waals surface area contributed by atoms with E-state index in [2.05, 4.69) is 0 Å². The average molecular weight is 632 g/mol. The number of ether oxygens (including phenoxy) is 2. The molecule has 1 aliphatic heterocycles. The van der Waals surface area contributed by atoms with E-state index >= 15 is 14.4 Å². The minimum atomic E-state index is -1.47. The lowest BCUT2D eigenvalue weighted by Gasteiger charge is -2.39. The molecule has 48 heavy (non-hydrogen) atoms. The van der Waals surface area contributed by atoms with Crippen molar-refractivity contribution in [3.05, 3.63) is 161 Å². The predicted octanol–water partition coefficient (Wildman–Crippen LogP) is 7.20. The maximum absolute atomic E-state index is 16.0. The predicted molar refractivity (Wildman–Crippen MR) is 185 cm³/mol. The number of fused-ring (bicyclic) bond motifs is 5. The fourth-order valence-electron chi connectivity index (χ4n) is 8.59. The van der Waals surface area contributed by atoms with Crippen molar-refractivity contribution in [3.63, 3.8) is 0 Å². The standard InChI is InChI=1S/C42H33NO5/c1-26-14-20-31(21-15-26)43-38(44)36-37(39(43)45)42(30-12-8-5-9-13-30)35(28-18-24-33(48-3)25-19-28)34(27-16-22-32(47-2)23-17-27)41(36,40(42)46)29-10-6-4-7-11-29/h4-25,36-37H,1-3H3/t36-,37+,41-,42-/m0/s1. The minimum Gasteiger partial charge on any atom is -0.497 e. The van der Waals surface area contributed by atoms with Gasteiger partial charge in [-0.2, -0.15) is 0 Å². The topological polar surface area (TPSA) is 72.9 Å². The largest absolute Gasteiger partial charge is 0.497 e. The zero-order valence-electron chi connectivity index (χ0n) is 26.8. The number of benzene rings is 5. The van der Waals surface area contributed by atoms with Gasteiger partial charge in [0.05, 0.1) is 42.6 Å². The van der Waals surface area contributed by atoms with Gasteiger partial charge in [0.15, 0.2) is 5.78 Å². The van der Waals surface area contributed by atoms with Crippen LogP contribution in [0.2, 0.25) is 0 Å². The molecule has 236 valence electrons. The molecule has 0 aromatic heterocycles. The van der Waals surface area contributed by atoms with E-state index < -0.39 is 22.7 Å². The maximum Gasteiger partial charge on any atom is 0.239 e. The van der Waals surface area contributed by atoms with Gasteiger partial charge in [0, 0.05) is 0 Å². The molecule has 8 rings (SSSR count). The second-order valence-corrected chi connectivity index (χ2v) is 12.7. The highest BCUT2D eigenvalue weighted by atomic mass is 16.5. The molecule has 2 fully saturated rings. The Labute approximate surface area is 279 Å². The van der Waals surface area contributed by atoms with Crippen LogP contribution in [0, 0.1) is 18.8 Å². The summed E-state index contributed by atoms with van der Waals surface area (Å²) < 4.78 is 11.0. The molecule has 0 N–H and O–H groups in total. The molecule has 0 unspecified atom stereocenters. The van der Waals surface area contributed by atoms with Crippen LogP contribution >= 0.6 is 0 Å². The molecule has 5 aromatic rings. The summed E-state index contributed by atoms with van der Waals surface area (Å²) in [5.74, 6) is -1.54. The van der Waals surface area contributed by atoms with Gasteiger partial charge in [-0.15, -0.1) is 0 Å². The molecule has 2 aliphatic carbocycles. The molecule has 2 amide bonds. The smallest absolute Gasteiger partial charge is 0.239 e. The van der Waals surface area contributed by atoms with Crippen molar-refractivity contribution in [1.29, 1.82) is 0 Å². The lowest BCUT2D eigenvalue weighted by Crippen LogP contribution is -2.45. The third kappa shape index (κ3) is 3.77. The molecule has 5 aromatic carbocycles. The first-order valence-corrected chi connectivity index (χ1v) is 16.0. The second-order valence-electron chi connectivity index (χ2n) is 12.7. The highest BCUT2D eigenvalue weighted by Gasteiger charge is 2.82. The Morgan fingerprint density at radius 2 is 0.917 bits per heavy atom. The minimum absolute atomic E-state index is 0.163. The highest BCUT2D eigenvalue weighted by Crippen LogP contribution is 2.74. The van der Waals surface area contributed by atoms with Crippen LogP contribution in [0.25, 0.3) is 11.1 Å². The second kappa shape index (κ2) is 10.9. The van der Waals surface area contributed by atoms with Gasteiger partial charge in [0.2, 0.25) is 11.8 Å². The molecule has 3 aliphatic rings. The quantitative estimate of drug-likeness (QED) is 0.178. The normalized spacial score (nSPS) is 24.3. The van der Waals surface area contributed by atoms with Crippen molar-refractivity contribution < 1.29 is 23.9 Å². The number of aryl methyl sites for hydroxylation is 1. The van der Waals surface area contributed by atoms with Crippen LogP contribution in [0.15, 0.2) is 133 Å². The van der Waals surface area contributed by atoms with Crippen LogP contribution in [-0.2, 0) is 25.2 Å². The molecule has 4 atom stereocenters. The van der Waals surface area contributed by atoms with E-state index in [1.807, 2.05) is 140 Å². The number of rotatable bonds is 7. The van der Waals surface area contributed by atoms with Gasteiger partial charge in [0.25, 0.3) is 0 Å². The number of Topliss-reactive ketones (excluding diaryl/α,β-unsaturated/α-hetero) is 1. The van der Waals surface area contributed by atoms with E-state index in [0.717, 1.165) is 27.8 Å². The summed E-state index contributed by atoms with van der Waals surface area (Å²) in [6.07, 6.45) is 0. The Morgan fingerprint density at radius 3 is 1.29 bits per heavy atom. The first-order chi connectivity index (χ1) is 23.4. The Hall–Kier alpha value is -5.75. The van der Waals surface area contributed by atoms with E-state index in [4.69, 9.17) is 9.47 Å². The summed E-state index contributed by atoms with van der Waals surface area (Å²) >= 11 is 0. The lowest BCUT2D eigenvalue weighted by molar-refractivity contribution is -0.130. The van der Waals surface area contributed by atoms with Gasteiger partial charge >= 0.3 is 0 Å². The number of allylic oxidation sites excluding steroid dienone is 2. The summed E-state index contributed by atoms with van der Waals surface area (Å²) in [5.41, 5.74) is 2.95. The zero-order chi connectivity index (χ0) is 33.2. The van der Waals surface area contributed by atoms with Crippen molar-refractivity contribution in [3.8, 4) is 11.5 Å². The van der Waals surface area contributed by atoms with Gasteiger partial charge in [-0.3, -0.25) is 14.4 Å². The molecule has 0 spiro atoms. The molecular formula is C42H33NO5. The SMILES string of the molecule is COc1ccc(C2=C(c3ccc(OC)cc3)[C@]3(c4ccccc4)C(=O)[C@]2(c2ccccc2)[C@@H]2C(=O)N(c4ccc(C)cc4)C(=O)[C@@H]23)cc1. The van der Waals surface area contributed by atoms with Gasteiger partial charge in [0.1, 0.15) is 11.5 Å². The zero-order valence-corrected chi connectivity index (χ0v) is 26.8.